The van der Waals surface area contributed by atoms with Crippen molar-refractivity contribution in [1.29, 1.82) is 0 Å². The van der Waals surface area contributed by atoms with Gasteiger partial charge in [-0.15, -0.1) is 0 Å². The van der Waals surface area contributed by atoms with Crippen LogP contribution in [0.2, 0.25) is 0 Å². The van der Waals surface area contributed by atoms with Crippen LogP contribution in [0.5, 0.6) is 0 Å². The summed E-state index contributed by atoms with van der Waals surface area (Å²) in [5.74, 6) is -0.957. The third-order valence-corrected chi connectivity index (χ3v) is 6.19. The third kappa shape index (κ3) is 6.67. The highest BCUT2D eigenvalue weighted by Crippen LogP contribution is 2.19. The molecule has 2 aromatic carbocycles. The highest BCUT2D eigenvalue weighted by molar-refractivity contribution is 7.89. The summed E-state index contributed by atoms with van der Waals surface area (Å²) in [4.78, 5) is 24.9. The SMILES string of the molecule is Cc1ccc(C(CC(=O)OC(C)C)NC(=O)CN(C)S(=O)(=O)c2ccccc2)cc1. The van der Waals surface area contributed by atoms with Gasteiger partial charge in [0.1, 0.15) is 0 Å². The summed E-state index contributed by atoms with van der Waals surface area (Å²) < 4.78 is 31.5. The number of likely N-dealkylation sites (N-methyl/N-ethyl adjacent to an activating group) is 1. The molecule has 1 atom stereocenters. The molecule has 162 valence electrons. The van der Waals surface area contributed by atoms with E-state index in [4.69, 9.17) is 4.74 Å². The largest absolute Gasteiger partial charge is 0.463 e. The molecule has 0 aromatic heterocycles. The number of aryl methyl sites for hydroxylation is 1. The highest BCUT2D eigenvalue weighted by Gasteiger charge is 2.25. The van der Waals surface area contributed by atoms with Gasteiger partial charge in [0.05, 0.1) is 30.0 Å². The third-order valence-electron chi connectivity index (χ3n) is 4.37. The summed E-state index contributed by atoms with van der Waals surface area (Å²) in [5.41, 5.74) is 1.78. The number of rotatable bonds is 9. The van der Waals surface area contributed by atoms with Crippen molar-refractivity contribution in [2.24, 2.45) is 0 Å². The van der Waals surface area contributed by atoms with Crippen molar-refractivity contribution < 1.29 is 22.7 Å². The highest BCUT2D eigenvalue weighted by atomic mass is 32.2. The molecule has 2 rings (SSSR count). The van der Waals surface area contributed by atoms with Crippen LogP contribution in [0.4, 0.5) is 0 Å². The second-order valence-electron chi connectivity index (χ2n) is 7.35. The van der Waals surface area contributed by atoms with Gasteiger partial charge in [0, 0.05) is 7.05 Å². The molecule has 0 heterocycles. The van der Waals surface area contributed by atoms with E-state index >= 15 is 0 Å². The molecule has 0 bridgehead atoms. The van der Waals surface area contributed by atoms with Gasteiger partial charge in [0.25, 0.3) is 0 Å². The zero-order valence-electron chi connectivity index (χ0n) is 17.7. The second-order valence-corrected chi connectivity index (χ2v) is 9.39. The van der Waals surface area contributed by atoms with Crippen molar-refractivity contribution in [3.63, 3.8) is 0 Å². The fraction of sp³-hybridized carbons (Fsp3) is 0.364. The van der Waals surface area contributed by atoms with E-state index in [-0.39, 0.29) is 24.0 Å². The van der Waals surface area contributed by atoms with E-state index < -0.39 is 27.9 Å². The molecule has 0 aliphatic carbocycles. The minimum Gasteiger partial charge on any atom is -0.463 e. The number of esters is 1. The molecule has 30 heavy (non-hydrogen) atoms. The molecule has 0 radical (unpaired) electrons. The Morgan fingerprint density at radius 1 is 1.03 bits per heavy atom. The van der Waals surface area contributed by atoms with Gasteiger partial charge >= 0.3 is 5.97 Å². The van der Waals surface area contributed by atoms with Crippen LogP contribution in [0, 0.1) is 6.92 Å². The summed E-state index contributed by atoms with van der Waals surface area (Å²) in [6, 6.07) is 14.7. The number of nitrogens with one attached hydrogen (secondary N) is 1. The fourth-order valence-electron chi connectivity index (χ4n) is 2.83. The van der Waals surface area contributed by atoms with Crippen molar-refractivity contribution in [3.8, 4) is 0 Å². The van der Waals surface area contributed by atoms with Crippen LogP contribution in [-0.2, 0) is 24.3 Å². The molecule has 0 saturated heterocycles. The summed E-state index contributed by atoms with van der Waals surface area (Å²) >= 11 is 0. The molecular weight excluding hydrogens is 404 g/mol. The summed E-state index contributed by atoms with van der Waals surface area (Å²) in [6.45, 7) is 5.06. The van der Waals surface area contributed by atoms with Crippen LogP contribution in [0.25, 0.3) is 0 Å². The maximum absolute atomic E-state index is 12.6. The Hall–Kier alpha value is -2.71. The number of carbonyl (C=O) groups excluding carboxylic acids is 2. The molecule has 0 saturated carbocycles. The number of nitrogens with zero attached hydrogens (tertiary/aromatic N) is 1. The van der Waals surface area contributed by atoms with Crippen molar-refractivity contribution in [2.45, 2.75) is 44.2 Å². The number of amides is 1. The van der Waals surface area contributed by atoms with Gasteiger partial charge < -0.3 is 10.1 Å². The zero-order valence-corrected chi connectivity index (χ0v) is 18.5. The molecule has 1 N–H and O–H groups in total. The first-order chi connectivity index (χ1) is 14.1. The lowest BCUT2D eigenvalue weighted by Crippen LogP contribution is -2.40. The predicted octanol–water partition coefficient (Wildman–Crippen LogP) is 2.81. The molecular formula is C22H28N2O5S. The Labute approximate surface area is 178 Å². The zero-order chi connectivity index (χ0) is 22.3. The maximum Gasteiger partial charge on any atom is 0.308 e. The number of benzene rings is 2. The first-order valence-corrected chi connectivity index (χ1v) is 11.1. The van der Waals surface area contributed by atoms with E-state index in [9.17, 15) is 18.0 Å². The van der Waals surface area contributed by atoms with Gasteiger partial charge in [-0.25, -0.2) is 8.42 Å². The first kappa shape index (κ1) is 23.6. The molecule has 1 amide bonds. The average molecular weight is 433 g/mol. The van der Waals surface area contributed by atoms with Gasteiger partial charge in [0.15, 0.2) is 0 Å². The molecule has 2 aromatic rings. The van der Waals surface area contributed by atoms with Gasteiger partial charge in [-0.2, -0.15) is 4.31 Å². The monoisotopic (exact) mass is 432 g/mol. The van der Waals surface area contributed by atoms with Crippen molar-refractivity contribution >= 4 is 21.9 Å². The molecule has 0 spiro atoms. The Morgan fingerprint density at radius 2 is 1.63 bits per heavy atom. The minimum atomic E-state index is -3.80. The van der Waals surface area contributed by atoms with Crippen LogP contribution in [0.15, 0.2) is 59.5 Å². The van der Waals surface area contributed by atoms with Crippen molar-refractivity contribution in [1.82, 2.24) is 9.62 Å². The van der Waals surface area contributed by atoms with Gasteiger partial charge in [-0.1, -0.05) is 48.0 Å². The summed E-state index contributed by atoms with van der Waals surface area (Å²) in [6.07, 6.45) is -0.323. The van der Waals surface area contributed by atoms with E-state index in [1.54, 1.807) is 32.0 Å². The first-order valence-electron chi connectivity index (χ1n) is 9.66. The van der Waals surface area contributed by atoms with Crippen molar-refractivity contribution in [2.75, 3.05) is 13.6 Å². The standard InChI is InChI=1S/C22H28N2O5S/c1-16(2)29-22(26)14-20(18-12-10-17(3)11-13-18)23-21(25)15-24(4)30(27,28)19-8-6-5-7-9-19/h5-13,16,20H,14-15H2,1-4H3,(H,23,25). The smallest absolute Gasteiger partial charge is 0.308 e. The van der Waals surface area contributed by atoms with Crippen molar-refractivity contribution in [3.05, 3.63) is 65.7 Å². The Bertz CT molecular complexity index is 957. The summed E-state index contributed by atoms with van der Waals surface area (Å²) in [5, 5.41) is 2.77. The molecule has 0 aliphatic heterocycles. The second kappa shape index (κ2) is 10.4. The predicted molar refractivity (Wildman–Crippen MR) is 114 cm³/mol. The van der Waals surface area contributed by atoms with Gasteiger partial charge in [-0.3, -0.25) is 9.59 Å². The van der Waals surface area contributed by atoms with Crippen LogP contribution < -0.4 is 5.32 Å². The van der Waals surface area contributed by atoms with Crippen LogP contribution >= 0.6 is 0 Å². The van der Waals surface area contributed by atoms with Gasteiger partial charge in [0.2, 0.25) is 15.9 Å². The fourth-order valence-corrected chi connectivity index (χ4v) is 3.98. The number of carbonyl (C=O) groups is 2. The quantitative estimate of drug-likeness (QED) is 0.615. The lowest BCUT2D eigenvalue weighted by atomic mass is 10.0. The van der Waals surface area contributed by atoms with Crippen LogP contribution in [0.3, 0.4) is 0 Å². The topological polar surface area (TPSA) is 92.8 Å². The Kier molecular flexibility index (Phi) is 8.14. The van der Waals surface area contributed by atoms with Crippen LogP contribution in [-0.4, -0.2) is 44.3 Å². The van der Waals surface area contributed by atoms with Gasteiger partial charge in [-0.05, 0) is 38.5 Å². The van der Waals surface area contributed by atoms with E-state index in [2.05, 4.69) is 5.32 Å². The Balaban J connectivity index is 2.13. The maximum atomic E-state index is 12.6. The van der Waals surface area contributed by atoms with E-state index in [0.29, 0.717) is 0 Å². The Morgan fingerprint density at radius 3 is 2.20 bits per heavy atom. The van der Waals surface area contributed by atoms with E-state index in [1.165, 1.54) is 19.2 Å². The molecule has 1 unspecified atom stereocenters. The molecule has 7 nitrogen and oxygen atoms in total. The number of sulfonamides is 1. The van der Waals surface area contributed by atoms with E-state index in [1.807, 2.05) is 31.2 Å². The molecule has 8 heteroatoms. The number of hydrogen-bond donors (Lipinski definition) is 1. The lowest BCUT2D eigenvalue weighted by Gasteiger charge is -2.22. The van der Waals surface area contributed by atoms with E-state index in [0.717, 1.165) is 15.4 Å². The summed E-state index contributed by atoms with van der Waals surface area (Å²) in [7, 11) is -2.46. The lowest BCUT2D eigenvalue weighted by molar-refractivity contribution is -0.148. The minimum absolute atomic E-state index is 0.0534. The average Bonchev–Trinajstić information content (AvgIpc) is 2.68. The number of hydrogen-bond acceptors (Lipinski definition) is 5. The molecule has 0 aliphatic rings. The molecule has 0 fully saturated rings. The number of ether oxygens (including phenoxy) is 1. The van der Waals surface area contributed by atoms with Crippen LogP contribution in [0.1, 0.15) is 37.4 Å². The normalized spacial score (nSPS) is 12.6.